The number of aromatic nitrogens is 1. The van der Waals surface area contributed by atoms with E-state index in [1.165, 1.54) is 0 Å². The molecule has 0 atom stereocenters. The molecule has 0 saturated heterocycles. The number of ether oxygens (including phenoxy) is 2. The molecule has 0 bridgehead atoms. The summed E-state index contributed by atoms with van der Waals surface area (Å²) in [6, 6.07) is 3.53. The third kappa shape index (κ3) is 2.82. The van der Waals surface area contributed by atoms with Crippen molar-refractivity contribution in [3.8, 4) is 11.5 Å². The van der Waals surface area contributed by atoms with Gasteiger partial charge in [-0.2, -0.15) is 0 Å². The van der Waals surface area contributed by atoms with Gasteiger partial charge in [0.1, 0.15) is 17.0 Å². The molecule has 1 heterocycles. The average molecular weight is 307 g/mol. The number of pyridine rings is 1. The molecule has 0 aliphatic rings. The molecule has 0 spiro atoms. The number of hydrogen-bond donors (Lipinski definition) is 0. The first kappa shape index (κ1) is 15.2. The maximum absolute atomic E-state index is 8.86. The molecule has 6 nitrogen and oxygen atoms in total. The second-order valence-corrected chi connectivity index (χ2v) is 4.76. The van der Waals surface area contributed by atoms with Crippen LogP contribution in [0.4, 0.5) is 5.69 Å². The van der Waals surface area contributed by atoms with Gasteiger partial charge in [-0.05, 0) is 30.5 Å². The van der Waals surface area contributed by atoms with Crippen LogP contribution in [0.3, 0.4) is 0 Å². The fraction of sp³-hybridized carbons (Fsp3) is 0.357. The lowest BCUT2D eigenvalue weighted by Gasteiger charge is -2.14. The number of methoxy groups -OCH3 is 2. The van der Waals surface area contributed by atoms with E-state index >= 15 is 0 Å². The summed E-state index contributed by atoms with van der Waals surface area (Å²) in [5.41, 5.74) is 11.6. The van der Waals surface area contributed by atoms with Crippen LogP contribution >= 0.6 is 11.6 Å². The van der Waals surface area contributed by atoms with E-state index in [9.17, 15) is 0 Å². The number of alkyl halides is 1. The first-order chi connectivity index (χ1) is 10.2. The van der Waals surface area contributed by atoms with Gasteiger partial charge in [-0.25, -0.2) is 4.98 Å². The Kier molecular flexibility index (Phi) is 4.73. The van der Waals surface area contributed by atoms with E-state index in [1.54, 1.807) is 26.4 Å². The van der Waals surface area contributed by atoms with Crippen LogP contribution in [-0.4, -0.2) is 25.1 Å². The van der Waals surface area contributed by atoms with Crippen LogP contribution in [0.1, 0.15) is 11.3 Å². The molecule has 7 heteroatoms. The van der Waals surface area contributed by atoms with E-state index in [1.807, 2.05) is 6.92 Å². The van der Waals surface area contributed by atoms with Crippen molar-refractivity contribution in [1.29, 1.82) is 0 Å². The van der Waals surface area contributed by atoms with Gasteiger partial charge >= 0.3 is 0 Å². The van der Waals surface area contributed by atoms with Gasteiger partial charge in [-0.15, -0.1) is 11.6 Å². The number of halogens is 1. The topological polar surface area (TPSA) is 80.1 Å². The second kappa shape index (κ2) is 6.52. The Balaban J connectivity index is 2.92. The first-order valence-electron chi connectivity index (χ1n) is 6.32. The Hall–Kier alpha value is -2.17. The Morgan fingerprint density at radius 3 is 2.67 bits per heavy atom. The lowest BCUT2D eigenvalue weighted by Crippen LogP contribution is -1.99. The number of fused-ring (bicyclic) bond motifs is 1. The lowest BCUT2D eigenvalue weighted by molar-refractivity contribution is 0.397. The second-order valence-electron chi connectivity index (χ2n) is 4.38. The molecule has 0 aliphatic carbocycles. The molecule has 2 rings (SSSR count). The smallest absolute Gasteiger partial charge is 0.148 e. The van der Waals surface area contributed by atoms with Gasteiger partial charge in [-0.3, -0.25) is 0 Å². The van der Waals surface area contributed by atoms with E-state index in [0.717, 1.165) is 11.3 Å². The molecule has 0 amide bonds. The summed E-state index contributed by atoms with van der Waals surface area (Å²) in [6.45, 7) is 1.86. The van der Waals surface area contributed by atoms with Gasteiger partial charge in [0.15, 0.2) is 0 Å². The molecule has 1 aromatic heterocycles. The molecule has 0 saturated carbocycles. The highest BCUT2D eigenvalue weighted by Crippen LogP contribution is 2.38. The number of hydrogen-bond acceptors (Lipinski definition) is 4. The van der Waals surface area contributed by atoms with Crippen molar-refractivity contribution in [2.45, 2.75) is 13.3 Å². The summed E-state index contributed by atoms with van der Waals surface area (Å²) in [6.07, 6.45) is 0.574. The van der Waals surface area contributed by atoms with Gasteiger partial charge < -0.3 is 9.47 Å². The number of rotatable bonds is 5. The SMILES string of the molecule is COc1cc(OC)c2nc(C)c(CCCl)c(N=[N+]=[N-])c2c1. The van der Waals surface area contributed by atoms with E-state index in [4.69, 9.17) is 26.6 Å². The van der Waals surface area contributed by atoms with Crippen LogP contribution in [0, 0.1) is 6.92 Å². The van der Waals surface area contributed by atoms with Crippen LogP contribution in [0.2, 0.25) is 0 Å². The third-order valence-electron chi connectivity index (χ3n) is 3.25. The summed E-state index contributed by atoms with van der Waals surface area (Å²) in [5, 5.41) is 4.53. The molecule has 110 valence electrons. The minimum atomic E-state index is 0.420. The summed E-state index contributed by atoms with van der Waals surface area (Å²) in [5.74, 6) is 1.60. The zero-order valence-electron chi connectivity index (χ0n) is 12.1. The fourth-order valence-electron chi connectivity index (χ4n) is 2.27. The summed E-state index contributed by atoms with van der Waals surface area (Å²) in [7, 11) is 3.13. The highest BCUT2D eigenvalue weighted by molar-refractivity contribution is 6.18. The van der Waals surface area contributed by atoms with Gasteiger partial charge in [0.25, 0.3) is 0 Å². The molecule has 0 aliphatic heterocycles. The third-order valence-corrected chi connectivity index (χ3v) is 3.44. The number of benzene rings is 1. The molecule has 21 heavy (non-hydrogen) atoms. The van der Waals surface area contributed by atoms with Gasteiger partial charge in [0.2, 0.25) is 0 Å². The van der Waals surface area contributed by atoms with E-state index in [2.05, 4.69) is 15.0 Å². The van der Waals surface area contributed by atoms with Crippen LogP contribution in [0.5, 0.6) is 11.5 Å². The molecule has 0 N–H and O–H groups in total. The molecule has 0 radical (unpaired) electrons. The van der Waals surface area contributed by atoms with Crippen LogP contribution in [-0.2, 0) is 6.42 Å². The minimum absolute atomic E-state index is 0.420. The maximum atomic E-state index is 8.86. The Labute approximate surface area is 127 Å². The standard InChI is InChI=1S/C14H15ClN4O2/c1-8-10(4-5-15)13(18-19-16)11-6-9(20-2)7-12(21-3)14(11)17-8/h6-7H,4-5H2,1-3H3. The highest BCUT2D eigenvalue weighted by atomic mass is 35.5. The Morgan fingerprint density at radius 2 is 2.10 bits per heavy atom. The summed E-state index contributed by atoms with van der Waals surface area (Å²) in [4.78, 5) is 7.48. The lowest BCUT2D eigenvalue weighted by atomic mass is 10.0. The van der Waals surface area contributed by atoms with Gasteiger partial charge in [0, 0.05) is 27.9 Å². The fourth-order valence-corrected chi connectivity index (χ4v) is 2.46. The van der Waals surface area contributed by atoms with E-state index < -0.39 is 0 Å². The minimum Gasteiger partial charge on any atom is -0.497 e. The number of azide groups is 1. The molecular formula is C14H15ClN4O2. The Morgan fingerprint density at radius 1 is 1.33 bits per heavy atom. The van der Waals surface area contributed by atoms with E-state index in [-0.39, 0.29) is 0 Å². The molecule has 1 aromatic carbocycles. The van der Waals surface area contributed by atoms with Crippen LogP contribution in [0.15, 0.2) is 17.2 Å². The van der Waals surface area contributed by atoms with Crippen molar-refractivity contribution in [3.63, 3.8) is 0 Å². The van der Waals surface area contributed by atoms with Crippen molar-refractivity contribution in [3.05, 3.63) is 33.8 Å². The predicted molar refractivity (Wildman–Crippen MR) is 82.8 cm³/mol. The van der Waals surface area contributed by atoms with Crippen molar-refractivity contribution >= 4 is 28.2 Å². The van der Waals surface area contributed by atoms with Crippen LogP contribution in [0.25, 0.3) is 21.3 Å². The van der Waals surface area contributed by atoms with Crippen molar-refractivity contribution in [2.24, 2.45) is 5.11 Å². The summed E-state index contributed by atoms with van der Waals surface area (Å²) >= 11 is 5.84. The van der Waals surface area contributed by atoms with Crippen molar-refractivity contribution in [2.75, 3.05) is 20.1 Å². The summed E-state index contributed by atoms with van der Waals surface area (Å²) < 4.78 is 10.6. The quantitative estimate of drug-likeness (QED) is 0.358. The zero-order chi connectivity index (χ0) is 15.4. The highest BCUT2D eigenvalue weighted by Gasteiger charge is 2.15. The largest absolute Gasteiger partial charge is 0.497 e. The van der Waals surface area contributed by atoms with Crippen molar-refractivity contribution in [1.82, 2.24) is 4.98 Å². The molecule has 2 aromatic rings. The van der Waals surface area contributed by atoms with Gasteiger partial charge in [-0.1, -0.05) is 5.11 Å². The molecule has 0 unspecified atom stereocenters. The van der Waals surface area contributed by atoms with Gasteiger partial charge in [0.05, 0.1) is 19.9 Å². The predicted octanol–water partition coefficient (Wildman–Crippen LogP) is 4.28. The van der Waals surface area contributed by atoms with Crippen LogP contribution < -0.4 is 9.47 Å². The first-order valence-corrected chi connectivity index (χ1v) is 6.86. The molecule has 0 fully saturated rings. The van der Waals surface area contributed by atoms with Crippen molar-refractivity contribution < 1.29 is 9.47 Å². The normalized spacial score (nSPS) is 10.3. The average Bonchev–Trinajstić information content (AvgIpc) is 2.50. The number of nitrogens with zero attached hydrogens (tertiary/aromatic N) is 4. The maximum Gasteiger partial charge on any atom is 0.148 e. The molecular weight excluding hydrogens is 292 g/mol. The Bertz CT molecular complexity index is 727. The number of aryl methyl sites for hydroxylation is 1. The monoisotopic (exact) mass is 306 g/mol. The zero-order valence-corrected chi connectivity index (χ0v) is 12.8. The van der Waals surface area contributed by atoms with E-state index in [0.29, 0.717) is 40.4 Å².